The molecular weight excluding hydrogens is 603 g/mol. The van der Waals surface area contributed by atoms with Crippen LogP contribution in [0.4, 0.5) is 17.1 Å². The molecule has 5 heteroatoms. The number of para-hydroxylation sites is 2. The number of hydrogen-bond acceptors (Lipinski definition) is 4. The molecular formula is C43H33N3OSi. The minimum Gasteiger partial charge on any atom is -0.453 e. The Kier molecular flexibility index (Phi) is 6.46. The summed E-state index contributed by atoms with van der Waals surface area (Å²) in [4.78, 5) is 12.2. The SMILES string of the molecule is CC1(C)c2ccccc2[Si](c2ccc3c(c2)N(c2cccc(-c4ccccn4)c2)c2ccccc2O3)(c2ccccn2)c2ccccc21. The summed E-state index contributed by atoms with van der Waals surface area (Å²) in [5.41, 5.74) is 7.62. The summed E-state index contributed by atoms with van der Waals surface area (Å²) in [7, 11) is -2.91. The van der Waals surface area contributed by atoms with Crippen LogP contribution in [0, 0.1) is 0 Å². The summed E-state index contributed by atoms with van der Waals surface area (Å²) in [6.07, 6.45) is 3.79. The molecule has 2 aromatic heterocycles. The maximum atomic E-state index is 6.64. The predicted octanol–water partition coefficient (Wildman–Crippen LogP) is 7.74. The highest BCUT2D eigenvalue weighted by Gasteiger charge is 2.52. The summed E-state index contributed by atoms with van der Waals surface area (Å²) >= 11 is 0. The van der Waals surface area contributed by atoms with Crippen molar-refractivity contribution in [2.75, 3.05) is 4.90 Å². The first-order chi connectivity index (χ1) is 23.6. The molecule has 4 nitrogen and oxygen atoms in total. The third-order valence-electron chi connectivity index (χ3n) is 10.1. The van der Waals surface area contributed by atoms with Gasteiger partial charge in [0.2, 0.25) is 8.07 Å². The molecule has 0 spiro atoms. The van der Waals surface area contributed by atoms with Gasteiger partial charge in [-0.15, -0.1) is 0 Å². The van der Waals surface area contributed by atoms with Gasteiger partial charge in [-0.3, -0.25) is 9.97 Å². The van der Waals surface area contributed by atoms with Crippen LogP contribution in [0.5, 0.6) is 11.5 Å². The number of aromatic nitrogens is 2. The Hall–Kier alpha value is -5.78. The fraction of sp³-hybridized carbons (Fsp3) is 0.0698. The molecule has 0 aliphatic carbocycles. The zero-order chi connectivity index (χ0) is 32.3. The number of hydrogen-bond donors (Lipinski definition) is 0. The molecule has 0 fully saturated rings. The summed E-state index contributed by atoms with van der Waals surface area (Å²) in [5, 5.41) is 5.16. The van der Waals surface area contributed by atoms with Crippen molar-refractivity contribution in [1.82, 2.24) is 9.97 Å². The molecule has 0 N–H and O–H groups in total. The minimum absolute atomic E-state index is 0.160. The highest BCUT2D eigenvalue weighted by atomic mass is 28.3. The first-order valence-corrected chi connectivity index (χ1v) is 18.4. The fourth-order valence-corrected chi connectivity index (χ4v) is 13.3. The van der Waals surface area contributed by atoms with Crippen molar-refractivity contribution in [3.05, 3.63) is 175 Å². The number of nitrogens with zero attached hydrogens (tertiary/aromatic N) is 3. The van der Waals surface area contributed by atoms with Crippen LogP contribution in [-0.4, -0.2) is 18.0 Å². The Morgan fingerprint density at radius 2 is 1.23 bits per heavy atom. The fourth-order valence-electron chi connectivity index (χ4n) is 7.92. The lowest BCUT2D eigenvalue weighted by Crippen LogP contribution is -2.79. The molecule has 0 bridgehead atoms. The highest BCUT2D eigenvalue weighted by Crippen LogP contribution is 2.50. The molecule has 230 valence electrons. The van der Waals surface area contributed by atoms with E-state index >= 15 is 0 Å². The largest absolute Gasteiger partial charge is 0.453 e. The van der Waals surface area contributed by atoms with Gasteiger partial charge >= 0.3 is 0 Å². The Labute approximate surface area is 282 Å². The first-order valence-electron chi connectivity index (χ1n) is 16.4. The molecule has 2 aliphatic heterocycles. The summed E-state index contributed by atoms with van der Waals surface area (Å²) in [6, 6.07) is 54.3. The standard InChI is InChI=1S/C43H33N3OSi/c1-43(2)33-16-3-7-21-40(33)48(42-23-10-12-27-45-42,41-22-8-4-17-34(41)43)32-24-25-39-37(29-32)46(36-19-5-6-20-38(36)47-39)31-15-13-14-30(28-31)35-18-9-11-26-44-35/h3-29H,1-2H3. The van der Waals surface area contributed by atoms with Gasteiger partial charge in [0.15, 0.2) is 11.5 Å². The second-order valence-corrected chi connectivity index (χ2v) is 16.7. The maximum Gasteiger partial charge on any atom is 0.202 e. The van der Waals surface area contributed by atoms with Gasteiger partial charge in [-0.05, 0) is 87.4 Å². The van der Waals surface area contributed by atoms with E-state index in [0.29, 0.717) is 0 Å². The van der Waals surface area contributed by atoms with E-state index in [4.69, 9.17) is 9.72 Å². The van der Waals surface area contributed by atoms with Crippen molar-refractivity contribution < 1.29 is 4.74 Å². The normalized spacial score (nSPS) is 14.9. The first kappa shape index (κ1) is 28.4. The molecule has 48 heavy (non-hydrogen) atoms. The molecule has 0 saturated carbocycles. The third kappa shape index (κ3) is 4.14. The lowest BCUT2D eigenvalue weighted by atomic mass is 9.77. The van der Waals surface area contributed by atoms with E-state index < -0.39 is 8.07 Å². The zero-order valence-corrected chi connectivity index (χ0v) is 27.8. The lowest BCUT2D eigenvalue weighted by Gasteiger charge is -2.46. The number of rotatable bonds is 4. The van der Waals surface area contributed by atoms with E-state index in [0.717, 1.165) is 45.1 Å². The quantitative estimate of drug-likeness (QED) is 0.186. The Balaban J connectivity index is 1.34. The number of ether oxygens (including phenoxy) is 1. The monoisotopic (exact) mass is 635 g/mol. The van der Waals surface area contributed by atoms with Gasteiger partial charge in [-0.2, -0.15) is 0 Å². The number of benzene rings is 5. The van der Waals surface area contributed by atoms with Crippen LogP contribution >= 0.6 is 0 Å². The molecule has 9 rings (SSSR count). The average Bonchev–Trinajstić information content (AvgIpc) is 3.15. The maximum absolute atomic E-state index is 6.64. The van der Waals surface area contributed by atoms with Gasteiger partial charge in [0.25, 0.3) is 0 Å². The van der Waals surface area contributed by atoms with Crippen molar-refractivity contribution in [3.8, 4) is 22.8 Å². The topological polar surface area (TPSA) is 38.2 Å². The molecule has 0 amide bonds. The van der Waals surface area contributed by atoms with E-state index in [1.165, 1.54) is 26.7 Å². The Morgan fingerprint density at radius 3 is 1.96 bits per heavy atom. The van der Waals surface area contributed by atoms with E-state index in [2.05, 4.69) is 145 Å². The van der Waals surface area contributed by atoms with E-state index in [1.807, 2.05) is 42.7 Å². The summed E-state index contributed by atoms with van der Waals surface area (Å²) in [6.45, 7) is 4.71. The van der Waals surface area contributed by atoms with Crippen LogP contribution in [0.3, 0.4) is 0 Å². The minimum atomic E-state index is -2.91. The molecule has 7 aromatic rings. The van der Waals surface area contributed by atoms with Gasteiger partial charge in [0, 0.05) is 34.4 Å². The Morgan fingerprint density at radius 1 is 0.562 bits per heavy atom. The number of fused-ring (bicyclic) bond motifs is 4. The second kappa shape index (κ2) is 10.9. The summed E-state index contributed by atoms with van der Waals surface area (Å²) < 4.78 is 6.64. The predicted molar refractivity (Wildman–Crippen MR) is 198 cm³/mol. The van der Waals surface area contributed by atoms with Crippen molar-refractivity contribution in [3.63, 3.8) is 0 Å². The average molecular weight is 636 g/mol. The van der Waals surface area contributed by atoms with Gasteiger partial charge in [-0.1, -0.05) is 105 Å². The van der Waals surface area contributed by atoms with Gasteiger partial charge in [-0.25, -0.2) is 0 Å². The highest BCUT2D eigenvalue weighted by molar-refractivity contribution is 7.20. The summed E-state index contributed by atoms with van der Waals surface area (Å²) in [5.74, 6) is 1.65. The molecule has 5 aromatic carbocycles. The van der Waals surface area contributed by atoms with Crippen molar-refractivity contribution in [2.24, 2.45) is 0 Å². The van der Waals surface area contributed by atoms with Crippen molar-refractivity contribution >= 4 is 46.0 Å². The van der Waals surface area contributed by atoms with E-state index in [9.17, 15) is 0 Å². The van der Waals surface area contributed by atoms with Gasteiger partial charge in [0.1, 0.15) is 0 Å². The van der Waals surface area contributed by atoms with Crippen LogP contribution in [-0.2, 0) is 5.41 Å². The second-order valence-electron chi connectivity index (χ2n) is 13.0. The van der Waals surface area contributed by atoms with Gasteiger partial charge in [0.05, 0.1) is 17.1 Å². The molecule has 0 unspecified atom stereocenters. The van der Waals surface area contributed by atoms with Crippen molar-refractivity contribution in [2.45, 2.75) is 19.3 Å². The zero-order valence-electron chi connectivity index (χ0n) is 26.8. The Bertz CT molecular complexity index is 2270. The smallest absolute Gasteiger partial charge is 0.202 e. The van der Waals surface area contributed by atoms with Gasteiger partial charge < -0.3 is 9.64 Å². The molecule has 2 aliphatic rings. The lowest BCUT2D eigenvalue weighted by molar-refractivity contribution is 0.477. The van der Waals surface area contributed by atoms with E-state index in [-0.39, 0.29) is 5.41 Å². The molecule has 0 saturated heterocycles. The van der Waals surface area contributed by atoms with E-state index in [1.54, 1.807) is 0 Å². The number of anilines is 3. The molecule has 0 atom stereocenters. The number of pyridine rings is 2. The van der Waals surface area contributed by atoms with Crippen LogP contribution in [0.1, 0.15) is 25.0 Å². The molecule has 0 radical (unpaired) electrons. The van der Waals surface area contributed by atoms with Crippen LogP contribution in [0.2, 0.25) is 0 Å². The van der Waals surface area contributed by atoms with Crippen LogP contribution < -0.4 is 30.5 Å². The van der Waals surface area contributed by atoms with Crippen LogP contribution in [0.15, 0.2) is 164 Å². The van der Waals surface area contributed by atoms with Crippen LogP contribution in [0.25, 0.3) is 11.3 Å². The third-order valence-corrected chi connectivity index (χ3v) is 14.8. The van der Waals surface area contributed by atoms with Crippen molar-refractivity contribution in [1.29, 1.82) is 0 Å². The molecule has 4 heterocycles.